The van der Waals surface area contributed by atoms with E-state index in [4.69, 9.17) is 0 Å². The number of likely N-dealkylation sites (tertiary alicyclic amines) is 1. The van der Waals surface area contributed by atoms with Gasteiger partial charge in [0, 0.05) is 36.3 Å². The maximum Gasteiger partial charge on any atom is 0.232 e. The zero-order valence-electron chi connectivity index (χ0n) is 10.7. The fraction of sp³-hybridized carbons (Fsp3) is 0.571. The minimum Gasteiger partial charge on any atom is -0.393 e. The Labute approximate surface area is 117 Å². The van der Waals surface area contributed by atoms with Crippen molar-refractivity contribution in [2.75, 3.05) is 18.8 Å². The second kappa shape index (κ2) is 5.51. The van der Waals surface area contributed by atoms with Gasteiger partial charge >= 0.3 is 0 Å². The molecule has 2 fully saturated rings. The SMILES string of the molecule is O=C(CSc1ccncc1)N1CC2CCC(O)C2C1. The summed E-state index contributed by atoms with van der Waals surface area (Å²) >= 11 is 1.55. The lowest BCUT2D eigenvalue weighted by molar-refractivity contribution is -0.127. The molecule has 102 valence electrons. The van der Waals surface area contributed by atoms with Crippen molar-refractivity contribution in [3.8, 4) is 0 Å². The Kier molecular flexibility index (Phi) is 3.75. The molecule has 19 heavy (non-hydrogen) atoms. The maximum absolute atomic E-state index is 12.2. The second-order valence-electron chi connectivity index (χ2n) is 5.34. The van der Waals surface area contributed by atoms with Crippen molar-refractivity contribution in [3.05, 3.63) is 24.5 Å². The molecule has 1 aromatic heterocycles. The lowest BCUT2D eigenvalue weighted by Crippen LogP contribution is -2.32. The Bertz CT molecular complexity index is 454. The van der Waals surface area contributed by atoms with Crippen LogP contribution in [0.5, 0.6) is 0 Å². The van der Waals surface area contributed by atoms with E-state index >= 15 is 0 Å². The normalized spacial score (nSPS) is 29.5. The molecule has 0 aromatic carbocycles. The number of aliphatic hydroxyl groups excluding tert-OH is 1. The van der Waals surface area contributed by atoms with Gasteiger partial charge in [0.05, 0.1) is 11.9 Å². The second-order valence-corrected chi connectivity index (χ2v) is 6.39. The van der Waals surface area contributed by atoms with E-state index in [1.807, 2.05) is 17.0 Å². The van der Waals surface area contributed by atoms with Gasteiger partial charge in [-0.05, 0) is 30.9 Å². The first kappa shape index (κ1) is 12.9. The highest BCUT2D eigenvalue weighted by molar-refractivity contribution is 8.00. The number of thioether (sulfide) groups is 1. The summed E-state index contributed by atoms with van der Waals surface area (Å²) in [5.41, 5.74) is 0. The van der Waals surface area contributed by atoms with Crippen LogP contribution < -0.4 is 0 Å². The summed E-state index contributed by atoms with van der Waals surface area (Å²) in [5, 5.41) is 9.86. The van der Waals surface area contributed by atoms with E-state index in [1.54, 1.807) is 24.2 Å². The summed E-state index contributed by atoms with van der Waals surface area (Å²) in [6.07, 6.45) is 5.25. The summed E-state index contributed by atoms with van der Waals surface area (Å²) in [4.78, 5) is 19.1. The van der Waals surface area contributed by atoms with Crippen LogP contribution in [0.4, 0.5) is 0 Å². The Balaban J connectivity index is 1.52. The molecule has 2 heterocycles. The first-order valence-electron chi connectivity index (χ1n) is 6.72. The Morgan fingerprint density at radius 2 is 2.16 bits per heavy atom. The van der Waals surface area contributed by atoms with E-state index in [0.29, 0.717) is 17.6 Å². The predicted molar refractivity (Wildman–Crippen MR) is 73.8 cm³/mol. The molecule has 1 saturated heterocycles. The average Bonchev–Trinajstić information content (AvgIpc) is 3.00. The summed E-state index contributed by atoms with van der Waals surface area (Å²) in [6, 6.07) is 3.83. The topological polar surface area (TPSA) is 53.4 Å². The number of amides is 1. The standard InChI is InChI=1S/C14H18N2O2S/c17-13-2-1-10-7-16(8-12(10)13)14(18)9-19-11-3-5-15-6-4-11/h3-6,10,12-13,17H,1-2,7-9H2. The first-order valence-corrected chi connectivity index (χ1v) is 7.71. The zero-order valence-corrected chi connectivity index (χ0v) is 11.6. The highest BCUT2D eigenvalue weighted by atomic mass is 32.2. The highest BCUT2D eigenvalue weighted by Crippen LogP contribution is 2.38. The molecule has 0 spiro atoms. The number of pyridine rings is 1. The van der Waals surface area contributed by atoms with Crippen LogP contribution in [0.1, 0.15) is 12.8 Å². The van der Waals surface area contributed by atoms with Gasteiger partial charge < -0.3 is 10.0 Å². The van der Waals surface area contributed by atoms with Gasteiger partial charge in [0.15, 0.2) is 0 Å². The molecular formula is C14H18N2O2S. The number of aliphatic hydroxyl groups is 1. The molecule has 0 radical (unpaired) electrons. The molecular weight excluding hydrogens is 260 g/mol. The van der Waals surface area contributed by atoms with Gasteiger partial charge in [-0.15, -0.1) is 11.8 Å². The van der Waals surface area contributed by atoms with Crippen LogP contribution in [-0.4, -0.2) is 45.8 Å². The van der Waals surface area contributed by atoms with Crippen molar-refractivity contribution in [3.63, 3.8) is 0 Å². The minimum atomic E-state index is -0.198. The Hall–Kier alpha value is -1.07. The minimum absolute atomic E-state index is 0.184. The third-order valence-electron chi connectivity index (χ3n) is 4.18. The third-order valence-corrected chi connectivity index (χ3v) is 5.18. The van der Waals surface area contributed by atoms with Gasteiger partial charge in [0.25, 0.3) is 0 Å². The number of carbonyl (C=O) groups excluding carboxylic acids is 1. The van der Waals surface area contributed by atoms with E-state index in [1.165, 1.54) is 0 Å². The average molecular weight is 278 g/mol. The maximum atomic E-state index is 12.2. The summed E-state index contributed by atoms with van der Waals surface area (Å²) < 4.78 is 0. The van der Waals surface area contributed by atoms with Crippen molar-refractivity contribution in [1.29, 1.82) is 0 Å². The van der Waals surface area contributed by atoms with E-state index in [9.17, 15) is 9.90 Å². The summed E-state index contributed by atoms with van der Waals surface area (Å²) in [5.74, 6) is 1.49. The van der Waals surface area contributed by atoms with Crippen LogP contribution in [0.2, 0.25) is 0 Å². The molecule has 3 rings (SSSR count). The first-order chi connectivity index (χ1) is 9.24. The molecule has 1 aromatic rings. The molecule has 1 N–H and O–H groups in total. The van der Waals surface area contributed by atoms with E-state index in [0.717, 1.165) is 30.8 Å². The third kappa shape index (κ3) is 2.77. The molecule has 0 bridgehead atoms. The molecule has 3 unspecified atom stereocenters. The lowest BCUT2D eigenvalue weighted by Gasteiger charge is -2.18. The number of nitrogens with zero attached hydrogens (tertiary/aromatic N) is 2. The van der Waals surface area contributed by atoms with Crippen molar-refractivity contribution in [2.24, 2.45) is 11.8 Å². The molecule has 1 saturated carbocycles. The lowest BCUT2D eigenvalue weighted by atomic mass is 10.00. The van der Waals surface area contributed by atoms with Crippen molar-refractivity contribution < 1.29 is 9.90 Å². The summed E-state index contributed by atoms with van der Waals surface area (Å²) in [7, 11) is 0. The molecule has 4 nitrogen and oxygen atoms in total. The number of aromatic nitrogens is 1. The molecule has 3 atom stereocenters. The number of carbonyl (C=O) groups is 1. The zero-order chi connectivity index (χ0) is 13.2. The number of hydrogen-bond acceptors (Lipinski definition) is 4. The monoisotopic (exact) mass is 278 g/mol. The van der Waals surface area contributed by atoms with Crippen LogP contribution in [0, 0.1) is 11.8 Å². The fourth-order valence-electron chi connectivity index (χ4n) is 3.11. The van der Waals surface area contributed by atoms with E-state index in [-0.39, 0.29) is 12.0 Å². The van der Waals surface area contributed by atoms with E-state index in [2.05, 4.69) is 4.98 Å². The quantitative estimate of drug-likeness (QED) is 0.849. The van der Waals surface area contributed by atoms with Crippen LogP contribution in [0.25, 0.3) is 0 Å². The van der Waals surface area contributed by atoms with Gasteiger partial charge in [-0.25, -0.2) is 0 Å². The van der Waals surface area contributed by atoms with Crippen molar-refractivity contribution in [1.82, 2.24) is 9.88 Å². The van der Waals surface area contributed by atoms with Crippen LogP contribution in [0.3, 0.4) is 0 Å². The fourth-order valence-corrected chi connectivity index (χ4v) is 3.90. The number of hydrogen-bond donors (Lipinski definition) is 1. The van der Waals surface area contributed by atoms with Crippen LogP contribution in [-0.2, 0) is 4.79 Å². The summed E-state index contributed by atoms with van der Waals surface area (Å²) in [6.45, 7) is 1.57. The Morgan fingerprint density at radius 1 is 1.37 bits per heavy atom. The molecule has 1 aliphatic heterocycles. The largest absolute Gasteiger partial charge is 0.393 e. The van der Waals surface area contributed by atoms with E-state index < -0.39 is 0 Å². The molecule has 2 aliphatic rings. The predicted octanol–water partition coefficient (Wildman–Crippen LogP) is 1.40. The molecule has 1 amide bonds. The Morgan fingerprint density at radius 3 is 2.89 bits per heavy atom. The number of fused-ring (bicyclic) bond motifs is 1. The van der Waals surface area contributed by atoms with Gasteiger partial charge in [0.1, 0.15) is 0 Å². The smallest absolute Gasteiger partial charge is 0.232 e. The van der Waals surface area contributed by atoms with Gasteiger partial charge in [0.2, 0.25) is 5.91 Å². The van der Waals surface area contributed by atoms with Crippen LogP contribution >= 0.6 is 11.8 Å². The van der Waals surface area contributed by atoms with Gasteiger partial charge in [-0.2, -0.15) is 0 Å². The molecule has 1 aliphatic carbocycles. The highest BCUT2D eigenvalue weighted by Gasteiger charge is 2.43. The van der Waals surface area contributed by atoms with Crippen molar-refractivity contribution in [2.45, 2.75) is 23.8 Å². The van der Waals surface area contributed by atoms with Crippen LogP contribution in [0.15, 0.2) is 29.4 Å². The van der Waals surface area contributed by atoms with Gasteiger partial charge in [-0.1, -0.05) is 0 Å². The van der Waals surface area contributed by atoms with Crippen molar-refractivity contribution >= 4 is 17.7 Å². The molecule has 5 heteroatoms. The van der Waals surface area contributed by atoms with Gasteiger partial charge in [-0.3, -0.25) is 9.78 Å². The number of rotatable bonds is 3.